The Morgan fingerprint density at radius 1 is 0.931 bits per heavy atom. The van der Waals surface area contributed by atoms with Crippen LogP contribution in [0.15, 0.2) is 59.5 Å². The zero-order chi connectivity index (χ0) is 20.4. The van der Waals surface area contributed by atoms with Gasteiger partial charge >= 0.3 is 0 Å². The maximum Gasteiger partial charge on any atom is 0.259 e. The number of hydrogen-bond donors (Lipinski definition) is 1. The number of carbonyl (C=O) groups is 2. The van der Waals surface area contributed by atoms with Crippen LogP contribution in [0.25, 0.3) is 10.9 Å². The van der Waals surface area contributed by atoms with E-state index in [4.69, 9.17) is 0 Å². The van der Waals surface area contributed by atoms with E-state index in [9.17, 15) is 18.8 Å². The van der Waals surface area contributed by atoms with Crippen molar-refractivity contribution in [2.24, 2.45) is 0 Å². The number of hydrogen-bond acceptors (Lipinski definition) is 3. The molecule has 0 atom stereocenters. The molecule has 1 aromatic heterocycles. The number of piperazine rings is 1. The topological polar surface area (TPSA) is 73.5 Å². The van der Waals surface area contributed by atoms with Crippen LogP contribution in [0, 0.1) is 5.82 Å². The van der Waals surface area contributed by atoms with Gasteiger partial charge in [0, 0.05) is 43.3 Å². The summed E-state index contributed by atoms with van der Waals surface area (Å²) in [5.74, 6) is -0.730. The summed E-state index contributed by atoms with van der Waals surface area (Å²) in [6, 6.07) is 12.9. The number of benzene rings is 2. The van der Waals surface area contributed by atoms with Crippen LogP contribution in [-0.4, -0.2) is 52.8 Å². The minimum absolute atomic E-state index is 0.0627. The highest BCUT2D eigenvalue weighted by Crippen LogP contribution is 2.12. The number of carbonyl (C=O) groups excluding carboxylic acids is 2. The van der Waals surface area contributed by atoms with E-state index in [1.54, 1.807) is 40.1 Å². The Labute approximate surface area is 166 Å². The maximum atomic E-state index is 13.0. The second kappa shape index (κ2) is 7.87. The summed E-state index contributed by atoms with van der Waals surface area (Å²) in [5.41, 5.74) is 1.25. The van der Waals surface area contributed by atoms with Gasteiger partial charge in [0.05, 0.1) is 6.42 Å². The molecule has 0 aliphatic carbocycles. The molecule has 2 amide bonds. The lowest BCUT2D eigenvalue weighted by molar-refractivity contribution is -0.131. The Morgan fingerprint density at radius 3 is 2.31 bits per heavy atom. The van der Waals surface area contributed by atoms with Gasteiger partial charge in [0.1, 0.15) is 11.4 Å². The first-order chi connectivity index (χ1) is 14.0. The molecule has 0 unspecified atom stereocenters. The summed E-state index contributed by atoms with van der Waals surface area (Å²) in [6.45, 7) is 1.52. The Bertz CT molecular complexity index is 1120. The first kappa shape index (κ1) is 18.9. The van der Waals surface area contributed by atoms with Crippen LogP contribution in [-0.2, 0) is 11.2 Å². The molecule has 2 heterocycles. The van der Waals surface area contributed by atoms with Crippen LogP contribution < -0.4 is 5.43 Å². The minimum atomic E-state index is -0.336. The number of halogens is 1. The Balaban J connectivity index is 1.41. The van der Waals surface area contributed by atoms with Gasteiger partial charge in [-0.15, -0.1) is 0 Å². The quantitative estimate of drug-likeness (QED) is 0.741. The number of rotatable bonds is 3. The second-order valence-corrected chi connectivity index (χ2v) is 7.05. The van der Waals surface area contributed by atoms with Gasteiger partial charge in [-0.25, -0.2) is 4.39 Å². The molecule has 1 saturated heterocycles. The first-order valence-corrected chi connectivity index (χ1v) is 9.45. The van der Waals surface area contributed by atoms with Gasteiger partial charge in [-0.05, 0) is 29.8 Å². The lowest BCUT2D eigenvalue weighted by Gasteiger charge is -2.34. The van der Waals surface area contributed by atoms with Gasteiger partial charge in [-0.1, -0.05) is 24.3 Å². The molecule has 0 radical (unpaired) electrons. The van der Waals surface area contributed by atoms with Crippen molar-refractivity contribution in [3.05, 3.63) is 81.9 Å². The Hall–Kier alpha value is -3.48. The van der Waals surface area contributed by atoms with E-state index in [2.05, 4.69) is 4.98 Å². The smallest absolute Gasteiger partial charge is 0.259 e. The molecule has 1 N–H and O–H groups in total. The second-order valence-electron chi connectivity index (χ2n) is 7.05. The molecule has 148 valence electrons. The third-order valence-electron chi connectivity index (χ3n) is 5.21. The van der Waals surface area contributed by atoms with E-state index < -0.39 is 0 Å². The number of aromatic nitrogens is 1. The molecule has 6 nitrogen and oxygen atoms in total. The van der Waals surface area contributed by atoms with Gasteiger partial charge < -0.3 is 14.8 Å². The van der Waals surface area contributed by atoms with Crippen LogP contribution in [0.3, 0.4) is 0 Å². The zero-order valence-corrected chi connectivity index (χ0v) is 15.7. The fourth-order valence-corrected chi connectivity index (χ4v) is 3.54. The maximum absolute atomic E-state index is 13.0. The summed E-state index contributed by atoms with van der Waals surface area (Å²) >= 11 is 0. The largest absolute Gasteiger partial charge is 0.360 e. The average Bonchev–Trinajstić information content (AvgIpc) is 2.75. The van der Waals surface area contributed by atoms with Crippen molar-refractivity contribution in [1.82, 2.24) is 14.8 Å². The van der Waals surface area contributed by atoms with Crippen molar-refractivity contribution in [2.45, 2.75) is 6.42 Å². The predicted octanol–water partition coefficient (Wildman–Crippen LogP) is 2.19. The van der Waals surface area contributed by atoms with Crippen molar-refractivity contribution < 1.29 is 14.0 Å². The van der Waals surface area contributed by atoms with Crippen LogP contribution in [0.4, 0.5) is 4.39 Å². The van der Waals surface area contributed by atoms with E-state index in [0.717, 1.165) is 5.56 Å². The van der Waals surface area contributed by atoms with Crippen LogP contribution in [0.2, 0.25) is 0 Å². The molecule has 7 heteroatoms. The number of pyridine rings is 1. The number of amides is 2. The minimum Gasteiger partial charge on any atom is -0.360 e. The number of fused-ring (bicyclic) bond motifs is 1. The molecule has 1 fully saturated rings. The van der Waals surface area contributed by atoms with Crippen LogP contribution >= 0.6 is 0 Å². The number of aromatic amines is 1. The van der Waals surface area contributed by atoms with Gasteiger partial charge in [0.25, 0.3) is 5.91 Å². The summed E-state index contributed by atoms with van der Waals surface area (Å²) in [5, 5.41) is 0.478. The number of para-hydroxylation sites is 1. The monoisotopic (exact) mass is 393 g/mol. The summed E-state index contributed by atoms with van der Waals surface area (Å²) in [6.07, 6.45) is 1.65. The highest BCUT2D eigenvalue weighted by molar-refractivity contribution is 5.97. The van der Waals surface area contributed by atoms with Gasteiger partial charge in [-0.3, -0.25) is 14.4 Å². The normalized spacial score (nSPS) is 14.2. The van der Waals surface area contributed by atoms with Crippen molar-refractivity contribution in [1.29, 1.82) is 0 Å². The predicted molar refractivity (Wildman–Crippen MR) is 107 cm³/mol. The van der Waals surface area contributed by atoms with Gasteiger partial charge in [0.15, 0.2) is 0 Å². The van der Waals surface area contributed by atoms with Crippen LogP contribution in [0.1, 0.15) is 15.9 Å². The Morgan fingerprint density at radius 2 is 1.59 bits per heavy atom. The fraction of sp³-hybridized carbons (Fsp3) is 0.227. The highest BCUT2D eigenvalue weighted by Gasteiger charge is 2.26. The molecule has 1 aliphatic heterocycles. The van der Waals surface area contributed by atoms with Crippen molar-refractivity contribution >= 4 is 22.7 Å². The third kappa shape index (κ3) is 3.89. The van der Waals surface area contributed by atoms with E-state index >= 15 is 0 Å². The molecule has 1 aliphatic rings. The molecule has 0 saturated carbocycles. The molecule has 0 spiro atoms. The number of nitrogens with one attached hydrogen (secondary N) is 1. The third-order valence-corrected chi connectivity index (χ3v) is 5.21. The average molecular weight is 393 g/mol. The number of nitrogens with zero attached hydrogens (tertiary/aromatic N) is 2. The fourth-order valence-electron chi connectivity index (χ4n) is 3.54. The molecule has 3 aromatic rings. The molecule has 4 rings (SSSR count). The number of H-pyrrole nitrogens is 1. The lowest BCUT2D eigenvalue weighted by atomic mass is 10.1. The van der Waals surface area contributed by atoms with Gasteiger partial charge in [0.2, 0.25) is 11.3 Å². The molecule has 2 aromatic carbocycles. The first-order valence-electron chi connectivity index (χ1n) is 9.45. The van der Waals surface area contributed by atoms with E-state index in [1.165, 1.54) is 18.3 Å². The molecular formula is C22H20FN3O3. The Kier molecular flexibility index (Phi) is 5.12. The zero-order valence-electron chi connectivity index (χ0n) is 15.7. The SMILES string of the molecule is O=C(Cc1ccc(F)cc1)N1CCN(C(=O)c2c[nH]c3ccccc3c2=O)CC1. The molecule has 0 bridgehead atoms. The van der Waals surface area contributed by atoms with Crippen LogP contribution in [0.5, 0.6) is 0 Å². The van der Waals surface area contributed by atoms with E-state index in [-0.39, 0.29) is 35.0 Å². The van der Waals surface area contributed by atoms with E-state index in [0.29, 0.717) is 37.1 Å². The van der Waals surface area contributed by atoms with Gasteiger partial charge in [-0.2, -0.15) is 0 Å². The van der Waals surface area contributed by atoms with E-state index in [1.807, 2.05) is 6.07 Å². The van der Waals surface area contributed by atoms with Crippen molar-refractivity contribution in [3.8, 4) is 0 Å². The standard InChI is InChI=1S/C22H20FN3O3/c23-16-7-5-15(6-8-16)13-20(27)25-9-11-26(12-10-25)22(29)18-14-24-19-4-2-1-3-17(19)21(18)28/h1-8,14H,9-13H2,(H,24,28). The lowest BCUT2D eigenvalue weighted by Crippen LogP contribution is -2.51. The highest BCUT2D eigenvalue weighted by atomic mass is 19.1. The summed E-state index contributed by atoms with van der Waals surface area (Å²) in [7, 11) is 0. The molecule has 29 heavy (non-hydrogen) atoms. The molecular weight excluding hydrogens is 373 g/mol. The van der Waals surface area contributed by atoms with Crippen molar-refractivity contribution in [3.63, 3.8) is 0 Å². The summed E-state index contributed by atoms with van der Waals surface area (Å²) < 4.78 is 13.0. The summed E-state index contributed by atoms with van der Waals surface area (Å²) in [4.78, 5) is 44.2. The van der Waals surface area contributed by atoms with Crippen molar-refractivity contribution in [2.75, 3.05) is 26.2 Å².